The fraction of sp³-hybridized carbons (Fsp3) is 0.0500. The number of hydrogen-bond donors (Lipinski definition) is 1. The topological polar surface area (TPSA) is 38.3 Å². The first-order valence-corrected chi connectivity index (χ1v) is 7.54. The Labute approximate surface area is 139 Å². The maximum absolute atomic E-state index is 13.1. The molecule has 3 rings (SSSR count). The van der Waals surface area contributed by atoms with E-state index < -0.39 is 5.82 Å². The second kappa shape index (κ2) is 7.42. The lowest BCUT2D eigenvalue weighted by atomic mass is 10.2. The van der Waals surface area contributed by atoms with E-state index in [0.717, 1.165) is 5.56 Å². The van der Waals surface area contributed by atoms with Crippen LogP contribution in [0.4, 0.5) is 10.1 Å². The van der Waals surface area contributed by atoms with Gasteiger partial charge in [-0.15, -0.1) is 0 Å². The second-order valence-electron chi connectivity index (χ2n) is 5.26. The van der Waals surface area contributed by atoms with Crippen LogP contribution in [0.15, 0.2) is 78.9 Å². The molecule has 0 spiro atoms. The summed E-state index contributed by atoms with van der Waals surface area (Å²) in [5.74, 6) is -0.0811. The van der Waals surface area contributed by atoms with Crippen LogP contribution >= 0.6 is 0 Å². The van der Waals surface area contributed by atoms with E-state index in [1.54, 1.807) is 30.3 Å². The van der Waals surface area contributed by atoms with Gasteiger partial charge in [-0.25, -0.2) is 4.39 Å². The number of rotatable bonds is 5. The Morgan fingerprint density at radius 3 is 2.38 bits per heavy atom. The quantitative estimate of drug-likeness (QED) is 0.742. The maximum Gasteiger partial charge on any atom is 0.255 e. The third-order valence-electron chi connectivity index (χ3n) is 3.45. The second-order valence-corrected chi connectivity index (χ2v) is 5.26. The molecule has 0 aliphatic heterocycles. The number of carbonyl (C=O) groups is 1. The van der Waals surface area contributed by atoms with Crippen LogP contribution in [0.25, 0.3) is 0 Å². The third-order valence-corrected chi connectivity index (χ3v) is 3.45. The molecule has 3 aromatic carbocycles. The zero-order valence-corrected chi connectivity index (χ0v) is 12.9. The molecule has 3 aromatic rings. The van der Waals surface area contributed by atoms with Crippen molar-refractivity contribution in [3.8, 4) is 5.75 Å². The first kappa shape index (κ1) is 15.7. The van der Waals surface area contributed by atoms with Crippen molar-refractivity contribution < 1.29 is 13.9 Å². The third kappa shape index (κ3) is 4.20. The molecule has 0 saturated heterocycles. The number of ether oxygens (including phenoxy) is 1. The molecule has 0 heterocycles. The van der Waals surface area contributed by atoms with Crippen LogP contribution in [0.1, 0.15) is 15.9 Å². The summed E-state index contributed by atoms with van der Waals surface area (Å²) in [4.78, 5) is 12.1. The molecule has 0 radical (unpaired) electrons. The van der Waals surface area contributed by atoms with E-state index >= 15 is 0 Å². The van der Waals surface area contributed by atoms with Crippen molar-refractivity contribution in [2.24, 2.45) is 0 Å². The minimum absolute atomic E-state index is 0.277. The number of hydrogen-bond acceptors (Lipinski definition) is 2. The minimum atomic E-state index is -0.438. The van der Waals surface area contributed by atoms with Gasteiger partial charge in [0, 0.05) is 11.3 Å². The summed E-state index contributed by atoms with van der Waals surface area (Å²) in [5, 5.41) is 2.73. The molecule has 4 heteroatoms. The lowest BCUT2D eigenvalue weighted by Crippen LogP contribution is -2.11. The number of amides is 1. The summed E-state index contributed by atoms with van der Waals surface area (Å²) in [6, 6.07) is 22.5. The summed E-state index contributed by atoms with van der Waals surface area (Å²) in [6.07, 6.45) is 0. The van der Waals surface area contributed by atoms with Gasteiger partial charge in [0.15, 0.2) is 0 Å². The number of anilines is 1. The average molecular weight is 321 g/mol. The monoisotopic (exact) mass is 321 g/mol. The van der Waals surface area contributed by atoms with E-state index in [2.05, 4.69) is 5.32 Å². The number of nitrogens with one attached hydrogen (secondary N) is 1. The van der Waals surface area contributed by atoms with Crippen molar-refractivity contribution in [1.29, 1.82) is 0 Å². The van der Waals surface area contributed by atoms with Crippen molar-refractivity contribution in [2.45, 2.75) is 6.61 Å². The largest absolute Gasteiger partial charge is 0.489 e. The minimum Gasteiger partial charge on any atom is -0.489 e. The molecule has 3 nitrogen and oxygen atoms in total. The van der Waals surface area contributed by atoms with Crippen molar-refractivity contribution in [2.75, 3.05) is 5.32 Å². The Balaban J connectivity index is 1.59. The van der Waals surface area contributed by atoms with E-state index in [-0.39, 0.29) is 11.5 Å². The summed E-state index contributed by atoms with van der Waals surface area (Å²) in [6.45, 7) is 0.482. The predicted molar refractivity (Wildman–Crippen MR) is 91.6 cm³/mol. The molecule has 0 bridgehead atoms. The Morgan fingerprint density at radius 2 is 1.67 bits per heavy atom. The summed E-state index contributed by atoms with van der Waals surface area (Å²) in [7, 11) is 0. The van der Waals surface area contributed by atoms with Crippen LogP contribution in [0.5, 0.6) is 5.75 Å². The highest BCUT2D eigenvalue weighted by Crippen LogP contribution is 2.18. The zero-order chi connectivity index (χ0) is 16.8. The number of halogens is 1. The van der Waals surface area contributed by atoms with Gasteiger partial charge in [-0.3, -0.25) is 4.79 Å². The average Bonchev–Trinajstić information content (AvgIpc) is 2.62. The van der Waals surface area contributed by atoms with Crippen molar-refractivity contribution in [3.05, 3.63) is 95.8 Å². The molecule has 0 aliphatic rings. The van der Waals surface area contributed by atoms with Crippen LogP contribution in [0.3, 0.4) is 0 Å². The molecular formula is C20H16FNO2. The summed E-state index contributed by atoms with van der Waals surface area (Å²) < 4.78 is 18.8. The van der Waals surface area contributed by atoms with Gasteiger partial charge in [-0.1, -0.05) is 36.4 Å². The molecule has 0 saturated carbocycles. The molecule has 1 amide bonds. The normalized spacial score (nSPS) is 10.2. The van der Waals surface area contributed by atoms with Gasteiger partial charge in [0.05, 0.1) is 0 Å². The SMILES string of the molecule is O=C(Nc1ccc(OCc2ccccc2)cc1)c1cccc(F)c1. The molecule has 0 atom stereocenters. The van der Waals surface area contributed by atoms with Crippen LogP contribution in [0.2, 0.25) is 0 Å². The van der Waals surface area contributed by atoms with Crippen LogP contribution < -0.4 is 10.1 Å². The fourth-order valence-electron chi connectivity index (χ4n) is 2.21. The highest BCUT2D eigenvalue weighted by atomic mass is 19.1. The van der Waals surface area contributed by atoms with Gasteiger partial charge in [0.25, 0.3) is 5.91 Å². The van der Waals surface area contributed by atoms with E-state index in [9.17, 15) is 9.18 Å². The molecule has 120 valence electrons. The number of benzene rings is 3. The van der Waals surface area contributed by atoms with E-state index in [1.807, 2.05) is 30.3 Å². The zero-order valence-electron chi connectivity index (χ0n) is 12.9. The highest BCUT2D eigenvalue weighted by molar-refractivity contribution is 6.04. The van der Waals surface area contributed by atoms with Crippen LogP contribution in [0, 0.1) is 5.82 Å². The fourth-order valence-corrected chi connectivity index (χ4v) is 2.21. The van der Waals surface area contributed by atoms with Crippen LogP contribution in [-0.4, -0.2) is 5.91 Å². The molecule has 1 N–H and O–H groups in total. The predicted octanol–water partition coefficient (Wildman–Crippen LogP) is 4.66. The van der Waals surface area contributed by atoms with Crippen LogP contribution in [-0.2, 0) is 6.61 Å². The molecule has 24 heavy (non-hydrogen) atoms. The first-order chi connectivity index (χ1) is 11.7. The smallest absolute Gasteiger partial charge is 0.255 e. The van der Waals surface area contributed by atoms with Crippen molar-refractivity contribution in [3.63, 3.8) is 0 Å². The van der Waals surface area contributed by atoms with Crippen molar-refractivity contribution >= 4 is 11.6 Å². The lowest BCUT2D eigenvalue weighted by Gasteiger charge is -2.08. The van der Waals surface area contributed by atoms with Gasteiger partial charge in [0.1, 0.15) is 18.2 Å². The lowest BCUT2D eigenvalue weighted by molar-refractivity contribution is 0.102. The molecule has 0 aromatic heterocycles. The van der Waals surface area contributed by atoms with E-state index in [0.29, 0.717) is 18.0 Å². The van der Waals surface area contributed by atoms with E-state index in [1.165, 1.54) is 18.2 Å². The van der Waals surface area contributed by atoms with Gasteiger partial charge in [-0.2, -0.15) is 0 Å². The van der Waals surface area contributed by atoms with Gasteiger partial charge >= 0.3 is 0 Å². The molecule has 0 unspecified atom stereocenters. The Morgan fingerprint density at radius 1 is 0.917 bits per heavy atom. The maximum atomic E-state index is 13.1. The molecule has 0 fully saturated rings. The number of carbonyl (C=O) groups excluding carboxylic acids is 1. The Kier molecular flexibility index (Phi) is 4.87. The van der Waals surface area contributed by atoms with E-state index in [4.69, 9.17) is 4.74 Å². The highest BCUT2D eigenvalue weighted by Gasteiger charge is 2.07. The standard InChI is InChI=1S/C20H16FNO2/c21-17-8-4-7-16(13-17)20(23)22-18-9-11-19(12-10-18)24-14-15-5-2-1-3-6-15/h1-13H,14H2,(H,22,23). The van der Waals surface area contributed by atoms with Gasteiger partial charge in [-0.05, 0) is 48.0 Å². The van der Waals surface area contributed by atoms with Crippen molar-refractivity contribution in [1.82, 2.24) is 0 Å². The summed E-state index contributed by atoms with van der Waals surface area (Å²) in [5.41, 5.74) is 1.98. The molecular weight excluding hydrogens is 305 g/mol. The Bertz CT molecular complexity index is 817. The first-order valence-electron chi connectivity index (χ1n) is 7.54. The summed E-state index contributed by atoms with van der Waals surface area (Å²) >= 11 is 0. The van der Waals surface area contributed by atoms with Gasteiger partial charge in [0.2, 0.25) is 0 Å². The Hall–Kier alpha value is -3.14. The van der Waals surface area contributed by atoms with Gasteiger partial charge < -0.3 is 10.1 Å². The molecule has 0 aliphatic carbocycles.